The second-order valence-corrected chi connectivity index (χ2v) is 23.6. The summed E-state index contributed by atoms with van der Waals surface area (Å²) in [5, 5.41) is 3.02. The molecule has 0 aromatic heterocycles. The van der Waals surface area contributed by atoms with E-state index in [9.17, 15) is 19.0 Å². The standard InChI is InChI=1S/C67H119N2O7P/c1-7-10-13-16-19-22-25-27-29-30-31-32-33-34-35-36-37-38-40-42-45-48-51-54-57-60-67(71)76-65(58-55-52-49-46-43-24-21-18-15-12-9-3)64(63-75-77(72,73)74-62-61-69(4,5)6)68-66(70)59-56-53-50-47-44-41-39-28-26-23-20-17-14-11-8-2/h10,13,19,22-23,26-27,29,31-32,34-35,37-38,55,58,64-65H,7-9,11-12,14-18,20-21,24-25,28,30,33,36,39-54,56-57,59-63H2,1-6H3,(H-,68,70,72,73)/b13-10-,22-19-,26-23-,29-27-,32-31-,35-34-,38-37-,58-55-. The van der Waals surface area contributed by atoms with Gasteiger partial charge >= 0.3 is 5.97 Å². The summed E-state index contributed by atoms with van der Waals surface area (Å²) in [6.45, 7) is 6.69. The van der Waals surface area contributed by atoms with Crippen LogP contribution >= 0.6 is 7.82 Å². The number of hydrogen-bond donors (Lipinski definition) is 1. The molecule has 0 aliphatic carbocycles. The summed E-state index contributed by atoms with van der Waals surface area (Å²) < 4.78 is 30.3. The summed E-state index contributed by atoms with van der Waals surface area (Å²) in [4.78, 5) is 40.0. The second kappa shape index (κ2) is 56.2. The van der Waals surface area contributed by atoms with Crippen molar-refractivity contribution in [1.82, 2.24) is 5.32 Å². The molecule has 3 unspecified atom stereocenters. The summed E-state index contributed by atoms with van der Waals surface area (Å²) in [5.74, 6) is -0.566. The van der Waals surface area contributed by atoms with Gasteiger partial charge in [0.05, 0.1) is 33.8 Å². The largest absolute Gasteiger partial charge is 0.756 e. The van der Waals surface area contributed by atoms with Crippen molar-refractivity contribution in [3.05, 3.63) is 97.2 Å². The molecule has 1 N–H and O–H groups in total. The number of likely N-dealkylation sites (N-methyl/N-ethyl adjacent to an activating group) is 1. The number of nitrogens with zero attached hydrogens (tertiary/aromatic N) is 1. The first-order valence-electron chi connectivity index (χ1n) is 31.5. The molecule has 0 radical (unpaired) electrons. The van der Waals surface area contributed by atoms with Crippen molar-refractivity contribution in [2.75, 3.05) is 40.9 Å². The van der Waals surface area contributed by atoms with Crippen molar-refractivity contribution in [3.63, 3.8) is 0 Å². The number of ether oxygens (including phenoxy) is 1. The van der Waals surface area contributed by atoms with Gasteiger partial charge in [0, 0.05) is 12.8 Å². The fraction of sp³-hybridized carbons (Fsp3) is 0.731. The average molecular weight is 1100 g/mol. The van der Waals surface area contributed by atoms with Gasteiger partial charge in [-0.2, -0.15) is 0 Å². The first kappa shape index (κ1) is 73.9. The van der Waals surface area contributed by atoms with Gasteiger partial charge in [-0.3, -0.25) is 14.2 Å². The van der Waals surface area contributed by atoms with E-state index in [4.69, 9.17) is 13.8 Å². The number of quaternary nitrogens is 1. The van der Waals surface area contributed by atoms with Gasteiger partial charge < -0.3 is 28.5 Å². The molecule has 0 spiro atoms. The Bertz CT molecular complexity index is 1640. The first-order valence-corrected chi connectivity index (χ1v) is 33.0. The lowest BCUT2D eigenvalue weighted by molar-refractivity contribution is -0.870. The van der Waals surface area contributed by atoms with Gasteiger partial charge in [-0.1, -0.05) is 240 Å². The van der Waals surface area contributed by atoms with E-state index in [2.05, 4.69) is 111 Å². The zero-order valence-electron chi connectivity index (χ0n) is 50.6. The number of carbonyl (C=O) groups excluding carboxylic acids is 2. The quantitative estimate of drug-likeness (QED) is 0.0212. The van der Waals surface area contributed by atoms with Gasteiger partial charge in [-0.15, -0.1) is 0 Å². The molecule has 0 rings (SSSR count). The number of amides is 1. The number of rotatable bonds is 56. The molecule has 10 heteroatoms. The van der Waals surface area contributed by atoms with E-state index in [1.54, 1.807) is 0 Å². The third kappa shape index (κ3) is 57.4. The van der Waals surface area contributed by atoms with E-state index in [1.807, 2.05) is 33.3 Å². The molecule has 9 nitrogen and oxygen atoms in total. The fourth-order valence-corrected chi connectivity index (χ4v) is 9.36. The predicted octanol–water partition coefficient (Wildman–Crippen LogP) is 18.9. The van der Waals surface area contributed by atoms with Crippen molar-refractivity contribution in [3.8, 4) is 0 Å². The van der Waals surface area contributed by atoms with Gasteiger partial charge in [0.15, 0.2) is 0 Å². The minimum absolute atomic E-state index is 0.0297. The predicted molar refractivity (Wildman–Crippen MR) is 330 cm³/mol. The Kier molecular flexibility index (Phi) is 54.0. The fourth-order valence-electron chi connectivity index (χ4n) is 8.64. The summed E-state index contributed by atoms with van der Waals surface area (Å²) in [6, 6.07) is -0.901. The van der Waals surface area contributed by atoms with Gasteiger partial charge in [0.1, 0.15) is 19.3 Å². The molecule has 0 aromatic rings. The van der Waals surface area contributed by atoms with Crippen molar-refractivity contribution in [2.24, 2.45) is 0 Å². The number of unbranched alkanes of at least 4 members (excludes halogenated alkanes) is 26. The second-order valence-electron chi connectivity index (χ2n) is 22.2. The van der Waals surface area contributed by atoms with E-state index >= 15 is 0 Å². The molecule has 444 valence electrons. The minimum Gasteiger partial charge on any atom is -0.756 e. The molecular weight excluding hydrogens is 976 g/mol. The third-order valence-corrected chi connectivity index (χ3v) is 14.5. The molecule has 0 bridgehead atoms. The Morgan fingerprint density at radius 1 is 0.468 bits per heavy atom. The zero-order valence-corrected chi connectivity index (χ0v) is 51.5. The van der Waals surface area contributed by atoms with E-state index in [1.165, 1.54) is 96.3 Å². The van der Waals surface area contributed by atoms with Crippen LogP contribution in [0.3, 0.4) is 0 Å². The van der Waals surface area contributed by atoms with Gasteiger partial charge in [0.2, 0.25) is 5.91 Å². The number of phosphoric acid groups is 1. The van der Waals surface area contributed by atoms with Crippen LogP contribution in [0.2, 0.25) is 0 Å². The number of esters is 1. The molecule has 0 saturated heterocycles. The third-order valence-electron chi connectivity index (χ3n) is 13.5. The lowest BCUT2D eigenvalue weighted by Crippen LogP contribution is -2.47. The first-order chi connectivity index (χ1) is 37.4. The van der Waals surface area contributed by atoms with Crippen LogP contribution in [0.4, 0.5) is 0 Å². The highest BCUT2D eigenvalue weighted by Gasteiger charge is 2.27. The molecule has 1 amide bonds. The Morgan fingerprint density at radius 3 is 1.27 bits per heavy atom. The number of hydrogen-bond acceptors (Lipinski definition) is 7. The molecule has 0 aliphatic heterocycles. The van der Waals surface area contributed by atoms with E-state index in [0.29, 0.717) is 23.9 Å². The van der Waals surface area contributed by atoms with Crippen molar-refractivity contribution in [2.45, 2.75) is 277 Å². The maximum atomic E-state index is 13.5. The highest BCUT2D eigenvalue weighted by Crippen LogP contribution is 2.38. The van der Waals surface area contributed by atoms with Gasteiger partial charge in [0.25, 0.3) is 7.82 Å². The number of nitrogens with one attached hydrogen (secondary N) is 1. The average Bonchev–Trinajstić information content (AvgIpc) is 3.39. The molecule has 0 heterocycles. The topological polar surface area (TPSA) is 114 Å². The number of carbonyl (C=O) groups is 2. The Labute approximate surface area is 475 Å². The van der Waals surface area contributed by atoms with E-state index in [-0.39, 0.29) is 24.9 Å². The van der Waals surface area contributed by atoms with Crippen LogP contribution in [0.1, 0.15) is 265 Å². The monoisotopic (exact) mass is 1090 g/mol. The van der Waals surface area contributed by atoms with Gasteiger partial charge in [-0.05, 0) is 109 Å². The molecule has 0 fully saturated rings. The van der Waals surface area contributed by atoms with E-state index in [0.717, 1.165) is 128 Å². The summed E-state index contributed by atoms with van der Waals surface area (Å²) in [5.41, 5.74) is 0. The lowest BCUT2D eigenvalue weighted by atomic mass is 10.1. The summed E-state index contributed by atoms with van der Waals surface area (Å²) in [6.07, 6.45) is 75.1. The van der Waals surface area contributed by atoms with Crippen LogP contribution in [0.5, 0.6) is 0 Å². The normalized spacial score (nSPS) is 14.3. The van der Waals surface area contributed by atoms with Crippen molar-refractivity contribution < 1.29 is 37.3 Å². The number of allylic oxidation sites excluding steroid dienone is 15. The number of phosphoric ester groups is 1. The van der Waals surface area contributed by atoms with Crippen LogP contribution in [0.15, 0.2) is 97.2 Å². The zero-order chi connectivity index (χ0) is 56.4. The maximum Gasteiger partial charge on any atom is 0.306 e. The van der Waals surface area contributed by atoms with Crippen molar-refractivity contribution >= 4 is 19.7 Å². The Hall–Kier alpha value is -3.07. The molecular formula is C67H119N2O7P. The minimum atomic E-state index is -4.71. The molecule has 0 saturated carbocycles. The van der Waals surface area contributed by atoms with Crippen LogP contribution in [-0.4, -0.2) is 69.4 Å². The van der Waals surface area contributed by atoms with Gasteiger partial charge in [-0.25, -0.2) is 0 Å². The highest BCUT2D eigenvalue weighted by molar-refractivity contribution is 7.45. The molecule has 3 atom stereocenters. The van der Waals surface area contributed by atoms with Crippen LogP contribution in [0, 0.1) is 0 Å². The summed E-state index contributed by atoms with van der Waals surface area (Å²) >= 11 is 0. The molecule has 0 aliphatic rings. The summed E-state index contributed by atoms with van der Waals surface area (Å²) in [7, 11) is 1.16. The van der Waals surface area contributed by atoms with Crippen molar-refractivity contribution in [1.29, 1.82) is 0 Å². The smallest absolute Gasteiger partial charge is 0.306 e. The van der Waals surface area contributed by atoms with Crippen LogP contribution in [0.25, 0.3) is 0 Å². The molecule has 0 aromatic carbocycles. The SMILES string of the molecule is CC/C=C\C/C=C\C/C=C\C/C=C\C/C=C\C/C=C\CCCCCCCCC(=O)OC(/C=C\CCCCCCCCCCC)C(COP(=O)([O-])OCC[N+](C)(C)C)NC(=O)CCCCCCCCC/C=C\CCCCCC. The van der Waals surface area contributed by atoms with Crippen LogP contribution in [-0.2, 0) is 27.9 Å². The highest BCUT2D eigenvalue weighted by atomic mass is 31.2. The Morgan fingerprint density at radius 2 is 0.831 bits per heavy atom. The van der Waals surface area contributed by atoms with Crippen LogP contribution < -0.4 is 10.2 Å². The molecule has 77 heavy (non-hydrogen) atoms. The maximum absolute atomic E-state index is 13.5. The Balaban J connectivity index is 5.19. The van der Waals surface area contributed by atoms with E-state index < -0.39 is 26.6 Å². The lowest BCUT2D eigenvalue weighted by Gasteiger charge is -2.30.